The molecule has 1 heterocycles. The van der Waals surface area contributed by atoms with E-state index in [0.29, 0.717) is 0 Å². The van der Waals surface area contributed by atoms with Gasteiger partial charge in [-0.05, 0) is 6.32 Å². The molecule has 0 bridgehead atoms. The summed E-state index contributed by atoms with van der Waals surface area (Å²) in [7, 11) is -1.17. The van der Waals surface area contributed by atoms with Crippen molar-refractivity contribution in [3.8, 4) is 0 Å². The molecule has 59 valence electrons. The van der Waals surface area contributed by atoms with Gasteiger partial charge in [-0.3, -0.25) is 0 Å². The number of halogens is 1. The Bertz CT molecular complexity index is 203. The SMILES string of the molecule is C[Si](C)(C)C1=CC=C[CH]B1Cl. The first kappa shape index (κ1) is 9.14. The fourth-order valence-corrected chi connectivity index (χ4v) is 3.84. The molecule has 0 aliphatic carbocycles. The average molecular weight is 184 g/mol. The van der Waals surface area contributed by atoms with Crippen molar-refractivity contribution in [1.82, 2.24) is 0 Å². The highest BCUT2D eigenvalue weighted by atomic mass is 35.5. The van der Waals surface area contributed by atoms with Crippen LogP contribution >= 0.6 is 11.5 Å². The maximum absolute atomic E-state index is 6.13. The Balaban J connectivity index is 2.84. The fourth-order valence-electron chi connectivity index (χ4n) is 1.18. The van der Waals surface area contributed by atoms with E-state index in [-0.39, 0.29) is 6.13 Å². The third kappa shape index (κ3) is 2.24. The summed E-state index contributed by atoms with van der Waals surface area (Å²) in [5.74, 6) is 0. The Hall–Kier alpha value is 0.0518. The second kappa shape index (κ2) is 3.20. The molecule has 0 amide bonds. The molecule has 0 atom stereocenters. The van der Waals surface area contributed by atoms with Gasteiger partial charge in [0.2, 0.25) is 0 Å². The van der Waals surface area contributed by atoms with Gasteiger partial charge in [-0.25, -0.2) is 0 Å². The molecule has 1 rings (SSSR count). The number of rotatable bonds is 1. The van der Waals surface area contributed by atoms with Gasteiger partial charge < -0.3 is 0 Å². The van der Waals surface area contributed by atoms with Gasteiger partial charge in [0.15, 0.2) is 0 Å². The molecule has 0 spiro atoms. The van der Waals surface area contributed by atoms with Crippen molar-refractivity contribution >= 4 is 25.7 Å². The number of allylic oxidation sites excluding steroid dienone is 3. The summed E-state index contributed by atoms with van der Waals surface area (Å²) in [4.78, 5) is 0. The van der Waals surface area contributed by atoms with Crippen molar-refractivity contribution in [3.05, 3.63) is 29.6 Å². The molecule has 0 fully saturated rings. The monoisotopic (exact) mass is 183 g/mol. The Labute approximate surface area is 75.3 Å². The van der Waals surface area contributed by atoms with Crippen LogP contribution < -0.4 is 0 Å². The lowest BCUT2D eigenvalue weighted by Crippen LogP contribution is -2.33. The molecule has 3 heteroatoms. The zero-order valence-corrected chi connectivity index (χ0v) is 9.02. The predicted molar refractivity (Wildman–Crippen MR) is 56.5 cm³/mol. The van der Waals surface area contributed by atoms with Crippen LogP contribution in [0.25, 0.3) is 0 Å². The zero-order chi connectivity index (χ0) is 8.48. The van der Waals surface area contributed by atoms with Gasteiger partial charge in [0.05, 0.1) is 8.07 Å². The molecule has 1 aliphatic rings. The molecule has 0 aromatic carbocycles. The minimum Gasteiger partial charge on any atom is -0.189 e. The second-order valence-corrected chi connectivity index (χ2v) is 9.40. The van der Waals surface area contributed by atoms with Gasteiger partial charge >= 0.3 is 0 Å². The van der Waals surface area contributed by atoms with E-state index in [4.69, 9.17) is 11.5 Å². The molecule has 0 N–H and O–H groups in total. The maximum Gasteiger partial charge on any atom is 0.282 e. The van der Waals surface area contributed by atoms with E-state index < -0.39 is 8.07 Å². The van der Waals surface area contributed by atoms with Crippen molar-refractivity contribution in [2.75, 3.05) is 0 Å². The van der Waals surface area contributed by atoms with E-state index in [9.17, 15) is 0 Å². The quantitative estimate of drug-likeness (QED) is 0.549. The smallest absolute Gasteiger partial charge is 0.189 e. The molecule has 0 aromatic rings. The van der Waals surface area contributed by atoms with E-state index >= 15 is 0 Å². The average Bonchev–Trinajstić information content (AvgIpc) is 1.86. The summed E-state index contributed by atoms with van der Waals surface area (Å²) in [6.45, 7) is 6.96. The van der Waals surface area contributed by atoms with Crippen LogP contribution in [0.2, 0.25) is 19.6 Å². The molecule has 0 saturated heterocycles. The summed E-state index contributed by atoms with van der Waals surface area (Å²) in [6, 6.07) is 0. The highest BCUT2D eigenvalue weighted by Crippen LogP contribution is 2.23. The van der Waals surface area contributed by atoms with E-state index in [1.807, 2.05) is 6.08 Å². The summed E-state index contributed by atoms with van der Waals surface area (Å²) in [5, 5.41) is 1.43. The van der Waals surface area contributed by atoms with Crippen LogP contribution in [0.4, 0.5) is 0 Å². The highest BCUT2D eigenvalue weighted by Gasteiger charge is 2.28. The second-order valence-electron chi connectivity index (χ2n) is 3.85. The fraction of sp³-hybridized carbons (Fsp3) is 0.375. The lowest BCUT2D eigenvalue weighted by atomic mass is 9.69. The largest absolute Gasteiger partial charge is 0.282 e. The Morgan fingerprint density at radius 3 is 2.27 bits per heavy atom. The maximum atomic E-state index is 6.13. The lowest BCUT2D eigenvalue weighted by Gasteiger charge is -2.24. The molecule has 11 heavy (non-hydrogen) atoms. The Morgan fingerprint density at radius 2 is 1.91 bits per heavy atom. The van der Waals surface area contributed by atoms with Gasteiger partial charge in [-0.1, -0.05) is 43.0 Å². The first-order chi connectivity index (χ1) is 5.02. The predicted octanol–water partition coefficient (Wildman–Crippen LogP) is 2.87. The summed E-state index contributed by atoms with van der Waals surface area (Å²) in [6.07, 6.45) is 8.46. The van der Waals surface area contributed by atoms with E-state index in [1.165, 1.54) is 5.10 Å². The van der Waals surface area contributed by atoms with Crippen LogP contribution in [0.15, 0.2) is 23.3 Å². The summed E-state index contributed by atoms with van der Waals surface area (Å²) in [5.41, 5.74) is 0. The van der Waals surface area contributed by atoms with E-state index in [0.717, 1.165) is 0 Å². The van der Waals surface area contributed by atoms with Crippen LogP contribution in [-0.2, 0) is 0 Å². The molecule has 0 unspecified atom stereocenters. The van der Waals surface area contributed by atoms with Crippen LogP contribution in [-0.4, -0.2) is 14.2 Å². The summed E-state index contributed by atoms with van der Waals surface area (Å²) >= 11 is 6.13. The Morgan fingerprint density at radius 1 is 1.27 bits per heavy atom. The van der Waals surface area contributed by atoms with E-state index in [1.54, 1.807) is 0 Å². The third-order valence-electron chi connectivity index (χ3n) is 1.83. The molecule has 1 aliphatic heterocycles. The standard InChI is InChI=1S/C8H13BClSi/c1-11(2,3)8-6-4-5-7-9(8)10/h4-7H,1-3H3. The van der Waals surface area contributed by atoms with Crippen LogP contribution in [0.3, 0.4) is 0 Å². The normalized spacial score (nSPS) is 18.5. The van der Waals surface area contributed by atoms with Gasteiger partial charge in [0.1, 0.15) is 0 Å². The first-order valence-corrected chi connectivity index (χ1v) is 7.82. The third-order valence-corrected chi connectivity index (χ3v) is 4.60. The van der Waals surface area contributed by atoms with Crippen LogP contribution in [0, 0.1) is 6.32 Å². The molecule has 1 radical (unpaired) electrons. The number of hydrogen-bond donors (Lipinski definition) is 0. The lowest BCUT2D eigenvalue weighted by molar-refractivity contribution is 1.68. The van der Waals surface area contributed by atoms with Gasteiger partial charge in [0, 0.05) is 0 Å². The van der Waals surface area contributed by atoms with Crippen molar-refractivity contribution in [2.24, 2.45) is 0 Å². The molecule has 0 aromatic heterocycles. The first-order valence-electron chi connectivity index (χ1n) is 3.88. The molecular formula is C8H13BClSi. The van der Waals surface area contributed by atoms with Gasteiger partial charge in [-0.15, -0.1) is 0 Å². The Kier molecular flexibility index (Phi) is 2.66. The van der Waals surface area contributed by atoms with Crippen molar-refractivity contribution in [3.63, 3.8) is 0 Å². The van der Waals surface area contributed by atoms with E-state index in [2.05, 4.69) is 38.1 Å². The highest BCUT2D eigenvalue weighted by molar-refractivity contribution is 7.21. The van der Waals surface area contributed by atoms with Crippen molar-refractivity contribution in [1.29, 1.82) is 0 Å². The minimum absolute atomic E-state index is 0.145. The van der Waals surface area contributed by atoms with Crippen molar-refractivity contribution < 1.29 is 0 Å². The zero-order valence-electron chi connectivity index (χ0n) is 7.26. The summed E-state index contributed by atoms with van der Waals surface area (Å²) < 4.78 is 0. The van der Waals surface area contributed by atoms with Crippen LogP contribution in [0.1, 0.15) is 0 Å². The van der Waals surface area contributed by atoms with Crippen LogP contribution in [0.5, 0.6) is 0 Å². The minimum atomic E-state index is -1.17. The molecular weight excluding hydrogens is 170 g/mol. The molecule has 0 saturated carbocycles. The number of hydrogen-bond acceptors (Lipinski definition) is 0. The molecule has 0 nitrogen and oxygen atoms in total. The van der Waals surface area contributed by atoms with Crippen molar-refractivity contribution in [2.45, 2.75) is 19.6 Å². The van der Waals surface area contributed by atoms with Gasteiger partial charge in [0.25, 0.3) is 6.13 Å². The van der Waals surface area contributed by atoms with Gasteiger partial charge in [-0.2, -0.15) is 11.5 Å². The topological polar surface area (TPSA) is 0 Å².